The van der Waals surface area contributed by atoms with E-state index in [4.69, 9.17) is 10.2 Å². The molecule has 0 spiro atoms. The smallest absolute Gasteiger partial charge is 0.257 e. The molecule has 21 heavy (non-hydrogen) atoms. The van der Waals surface area contributed by atoms with E-state index in [0.29, 0.717) is 18.7 Å². The number of hydrogen-bond acceptors (Lipinski definition) is 4. The number of carbonyl (C=O) groups is 1. The first kappa shape index (κ1) is 13.5. The maximum atomic E-state index is 12.3. The van der Waals surface area contributed by atoms with Gasteiger partial charge in [0.2, 0.25) is 0 Å². The van der Waals surface area contributed by atoms with E-state index in [9.17, 15) is 4.79 Å². The van der Waals surface area contributed by atoms with E-state index in [1.54, 1.807) is 6.07 Å². The minimum Gasteiger partial charge on any atom is -0.469 e. The van der Waals surface area contributed by atoms with Gasteiger partial charge in [-0.25, -0.2) is 0 Å². The van der Waals surface area contributed by atoms with Crippen LogP contribution in [-0.2, 0) is 0 Å². The normalized spacial score (nSPS) is 15.3. The third kappa shape index (κ3) is 2.86. The molecule has 1 aromatic carbocycles. The number of amides is 1. The van der Waals surface area contributed by atoms with E-state index >= 15 is 0 Å². The number of nitrogen functional groups attached to an aromatic ring is 1. The molecule has 1 amide bonds. The molecule has 0 radical (unpaired) electrons. The molecule has 1 aromatic heterocycles. The summed E-state index contributed by atoms with van der Waals surface area (Å²) in [5, 5.41) is 0. The van der Waals surface area contributed by atoms with Crippen molar-refractivity contribution < 1.29 is 9.21 Å². The molecule has 1 saturated heterocycles. The SMILES string of the molecule is Cc1cc(C(=O)N2CCN(c3cccc(N)c3)CC2)co1. The van der Waals surface area contributed by atoms with Crippen LogP contribution < -0.4 is 10.6 Å². The minimum atomic E-state index is 0.0408. The Balaban J connectivity index is 1.64. The fraction of sp³-hybridized carbons (Fsp3) is 0.312. The molecule has 0 unspecified atom stereocenters. The summed E-state index contributed by atoms with van der Waals surface area (Å²) in [6.07, 6.45) is 1.53. The fourth-order valence-corrected chi connectivity index (χ4v) is 2.63. The van der Waals surface area contributed by atoms with Gasteiger partial charge < -0.3 is 20.0 Å². The van der Waals surface area contributed by atoms with Gasteiger partial charge in [0, 0.05) is 37.6 Å². The summed E-state index contributed by atoms with van der Waals surface area (Å²) in [7, 11) is 0. The number of anilines is 2. The zero-order valence-corrected chi connectivity index (χ0v) is 12.1. The highest BCUT2D eigenvalue weighted by Crippen LogP contribution is 2.20. The Labute approximate surface area is 123 Å². The lowest BCUT2D eigenvalue weighted by Crippen LogP contribution is -2.48. The molecule has 3 rings (SSSR count). The molecule has 0 atom stereocenters. The highest BCUT2D eigenvalue weighted by atomic mass is 16.3. The molecule has 1 fully saturated rings. The Morgan fingerprint density at radius 3 is 2.57 bits per heavy atom. The summed E-state index contributed by atoms with van der Waals surface area (Å²) in [5.41, 5.74) is 8.32. The summed E-state index contributed by atoms with van der Waals surface area (Å²) in [5.74, 6) is 0.802. The van der Waals surface area contributed by atoms with Crippen LogP contribution in [0.5, 0.6) is 0 Å². The molecule has 2 aromatic rings. The molecule has 1 aliphatic heterocycles. The predicted molar refractivity (Wildman–Crippen MR) is 82.4 cm³/mol. The van der Waals surface area contributed by atoms with Gasteiger partial charge >= 0.3 is 0 Å². The monoisotopic (exact) mass is 285 g/mol. The van der Waals surface area contributed by atoms with Gasteiger partial charge in [-0.05, 0) is 31.2 Å². The number of piperazine rings is 1. The lowest BCUT2D eigenvalue weighted by atomic mass is 10.2. The molecule has 0 bridgehead atoms. The topological polar surface area (TPSA) is 62.7 Å². The summed E-state index contributed by atoms with van der Waals surface area (Å²) in [4.78, 5) is 16.5. The number of rotatable bonds is 2. The van der Waals surface area contributed by atoms with Gasteiger partial charge in [0.25, 0.3) is 5.91 Å². The van der Waals surface area contributed by atoms with Crippen molar-refractivity contribution in [3.63, 3.8) is 0 Å². The maximum Gasteiger partial charge on any atom is 0.257 e. The minimum absolute atomic E-state index is 0.0408. The Morgan fingerprint density at radius 1 is 1.19 bits per heavy atom. The lowest BCUT2D eigenvalue weighted by Gasteiger charge is -2.36. The number of carbonyl (C=O) groups excluding carboxylic acids is 1. The Bertz CT molecular complexity index is 642. The standard InChI is InChI=1S/C16H19N3O2/c1-12-9-13(11-21-12)16(20)19-7-5-18(6-8-19)15-4-2-3-14(17)10-15/h2-4,9-11H,5-8,17H2,1H3. The van der Waals surface area contributed by atoms with Crippen LogP contribution in [0, 0.1) is 6.92 Å². The molecule has 1 aliphatic rings. The molecular formula is C16H19N3O2. The Hall–Kier alpha value is -2.43. The average molecular weight is 285 g/mol. The highest BCUT2D eigenvalue weighted by molar-refractivity contribution is 5.94. The van der Waals surface area contributed by atoms with Crippen molar-refractivity contribution in [1.82, 2.24) is 4.90 Å². The zero-order valence-electron chi connectivity index (χ0n) is 12.1. The number of aryl methyl sites for hydroxylation is 1. The van der Waals surface area contributed by atoms with E-state index in [1.807, 2.05) is 36.1 Å². The first-order chi connectivity index (χ1) is 10.1. The van der Waals surface area contributed by atoms with Gasteiger partial charge in [-0.15, -0.1) is 0 Å². The van der Waals surface area contributed by atoms with Gasteiger partial charge in [0.1, 0.15) is 12.0 Å². The average Bonchev–Trinajstić information content (AvgIpc) is 2.93. The number of nitrogens with zero attached hydrogens (tertiary/aromatic N) is 2. The van der Waals surface area contributed by atoms with E-state index < -0.39 is 0 Å². The van der Waals surface area contributed by atoms with Gasteiger partial charge in [0.15, 0.2) is 0 Å². The van der Waals surface area contributed by atoms with Crippen LogP contribution in [0.25, 0.3) is 0 Å². The molecule has 110 valence electrons. The molecule has 0 aliphatic carbocycles. The third-order valence-electron chi connectivity index (χ3n) is 3.78. The van der Waals surface area contributed by atoms with Crippen LogP contribution in [0.15, 0.2) is 41.0 Å². The van der Waals surface area contributed by atoms with E-state index in [-0.39, 0.29) is 5.91 Å². The summed E-state index contributed by atoms with van der Waals surface area (Å²) in [6.45, 7) is 4.88. The predicted octanol–water partition coefficient (Wildman–Crippen LogP) is 2.13. The first-order valence-electron chi connectivity index (χ1n) is 7.08. The van der Waals surface area contributed by atoms with Crippen molar-refractivity contribution in [2.45, 2.75) is 6.92 Å². The van der Waals surface area contributed by atoms with Crippen molar-refractivity contribution in [2.75, 3.05) is 36.8 Å². The maximum absolute atomic E-state index is 12.3. The molecule has 2 N–H and O–H groups in total. The van der Waals surface area contributed by atoms with Crippen LogP contribution in [0.4, 0.5) is 11.4 Å². The van der Waals surface area contributed by atoms with Crippen LogP contribution in [0.2, 0.25) is 0 Å². The summed E-state index contributed by atoms with van der Waals surface area (Å²) in [6, 6.07) is 9.64. The van der Waals surface area contributed by atoms with Crippen molar-refractivity contribution in [1.29, 1.82) is 0 Å². The van der Waals surface area contributed by atoms with Crippen molar-refractivity contribution in [2.24, 2.45) is 0 Å². The number of benzene rings is 1. The van der Waals surface area contributed by atoms with Gasteiger partial charge in [-0.2, -0.15) is 0 Å². The molecular weight excluding hydrogens is 266 g/mol. The molecule has 2 heterocycles. The second-order valence-electron chi connectivity index (χ2n) is 5.32. The molecule has 5 nitrogen and oxygen atoms in total. The Kier molecular flexibility index (Phi) is 3.56. The van der Waals surface area contributed by atoms with Crippen molar-refractivity contribution in [3.05, 3.63) is 47.9 Å². The second-order valence-corrected chi connectivity index (χ2v) is 5.32. The lowest BCUT2D eigenvalue weighted by molar-refractivity contribution is 0.0746. The van der Waals surface area contributed by atoms with Crippen LogP contribution in [-0.4, -0.2) is 37.0 Å². The van der Waals surface area contributed by atoms with Crippen LogP contribution in [0.1, 0.15) is 16.1 Å². The molecule has 0 saturated carbocycles. The first-order valence-corrected chi connectivity index (χ1v) is 7.08. The number of hydrogen-bond donors (Lipinski definition) is 1. The van der Waals surface area contributed by atoms with E-state index in [0.717, 1.165) is 30.2 Å². The van der Waals surface area contributed by atoms with Crippen LogP contribution >= 0.6 is 0 Å². The van der Waals surface area contributed by atoms with Gasteiger partial charge in [-0.1, -0.05) is 6.07 Å². The second kappa shape index (κ2) is 5.52. The number of nitrogens with two attached hydrogens (primary N) is 1. The van der Waals surface area contributed by atoms with Gasteiger partial charge in [-0.3, -0.25) is 4.79 Å². The van der Waals surface area contributed by atoms with E-state index in [2.05, 4.69) is 4.90 Å². The van der Waals surface area contributed by atoms with E-state index in [1.165, 1.54) is 6.26 Å². The fourth-order valence-electron chi connectivity index (χ4n) is 2.63. The zero-order chi connectivity index (χ0) is 14.8. The van der Waals surface area contributed by atoms with Crippen molar-refractivity contribution in [3.8, 4) is 0 Å². The highest BCUT2D eigenvalue weighted by Gasteiger charge is 2.23. The van der Waals surface area contributed by atoms with Crippen molar-refractivity contribution >= 4 is 17.3 Å². The molecule has 5 heteroatoms. The van der Waals surface area contributed by atoms with Crippen LogP contribution in [0.3, 0.4) is 0 Å². The summed E-state index contributed by atoms with van der Waals surface area (Å²) < 4.78 is 5.21. The quantitative estimate of drug-likeness (QED) is 0.859. The third-order valence-corrected chi connectivity index (χ3v) is 3.78. The number of furan rings is 1. The Morgan fingerprint density at radius 2 is 1.95 bits per heavy atom. The summed E-state index contributed by atoms with van der Waals surface area (Å²) >= 11 is 0. The largest absolute Gasteiger partial charge is 0.469 e. The van der Waals surface area contributed by atoms with Gasteiger partial charge in [0.05, 0.1) is 5.56 Å².